The Labute approximate surface area is 108 Å². The number of ether oxygens (including phenoxy) is 1. The van der Waals surface area contributed by atoms with Gasteiger partial charge in [0.1, 0.15) is 6.61 Å². The van der Waals surface area contributed by atoms with Crippen LogP contribution in [0.5, 0.6) is 0 Å². The second-order valence-corrected chi connectivity index (χ2v) is 4.84. The molecule has 1 amide bonds. The van der Waals surface area contributed by atoms with Crippen LogP contribution in [0.1, 0.15) is 44.9 Å². The molecule has 1 aliphatic rings. The van der Waals surface area contributed by atoms with E-state index < -0.39 is 5.97 Å². The smallest absolute Gasteiger partial charge is 0.329 e. The van der Waals surface area contributed by atoms with Crippen LogP contribution in [0.3, 0.4) is 0 Å². The van der Waals surface area contributed by atoms with E-state index in [2.05, 4.69) is 5.32 Å². The van der Waals surface area contributed by atoms with Gasteiger partial charge in [0, 0.05) is 13.0 Å². The molecule has 2 N–H and O–H groups in total. The van der Waals surface area contributed by atoms with Crippen LogP contribution >= 0.6 is 0 Å². The van der Waals surface area contributed by atoms with Crippen molar-refractivity contribution in [3.05, 3.63) is 0 Å². The minimum absolute atomic E-state index is 0.0412. The van der Waals surface area contributed by atoms with Gasteiger partial charge in [-0.2, -0.15) is 0 Å². The molecule has 0 heterocycles. The van der Waals surface area contributed by atoms with Crippen LogP contribution in [-0.4, -0.2) is 36.7 Å². The highest BCUT2D eigenvalue weighted by Gasteiger charge is 2.14. The molecule has 0 aromatic carbocycles. The van der Waals surface area contributed by atoms with Gasteiger partial charge >= 0.3 is 5.97 Å². The number of carbonyl (C=O) groups excluding carboxylic acids is 1. The Hall–Kier alpha value is -1.10. The molecular formula is C13H23NO4. The van der Waals surface area contributed by atoms with Crippen molar-refractivity contribution in [1.82, 2.24) is 5.32 Å². The molecule has 0 saturated heterocycles. The van der Waals surface area contributed by atoms with Crippen molar-refractivity contribution >= 4 is 11.9 Å². The van der Waals surface area contributed by atoms with E-state index >= 15 is 0 Å². The van der Waals surface area contributed by atoms with Gasteiger partial charge in [-0.3, -0.25) is 4.79 Å². The van der Waals surface area contributed by atoms with E-state index in [4.69, 9.17) is 9.84 Å². The molecular weight excluding hydrogens is 234 g/mol. The average Bonchev–Trinajstić information content (AvgIpc) is 2.37. The van der Waals surface area contributed by atoms with Crippen LogP contribution in [0.15, 0.2) is 0 Å². The molecule has 18 heavy (non-hydrogen) atoms. The molecule has 1 fully saturated rings. The number of aliphatic carboxylic acids is 1. The third-order valence-corrected chi connectivity index (χ3v) is 3.30. The summed E-state index contributed by atoms with van der Waals surface area (Å²) in [6.45, 7) is 0.330. The summed E-state index contributed by atoms with van der Waals surface area (Å²) in [7, 11) is 0. The summed E-state index contributed by atoms with van der Waals surface area (Å²) >= 11 is 0. The predicted molar refractivity (Wildman–Crippen MR) is 67.3 cm³/mol. The van der Waals surface area contributed by atoms with E-state index in [1.54, 1.807) is 0 Å². The molecule has 0 spiro atoms. The maximum atomic E-state index is 11.5. The first-order valence-corrected chi connectivity index (χ1v) is 6.74. The zero-order valence-corrected chi connectivity index (χ0v) is 10.8. The van der Waals surface area contributed by atoms with Gasteiger partial charge in [0.15, 0.2) is 0 Å². The highest BCUT2D eigenvalue weighted by molar-refractivity contribution is 5.75. The molecule has 0 bridgehead atoms. The van der Waals surface area contributed by atoms with Crippen LogP contribution in [0.25, 0.3) is 0 Å². The second-order valence-electron chi connectivity index (χ2n) is 4.84. The van der Waals surface area contributed by atoms with Gasteiger partial charge < -0.3 is 15.2 Å². The number of carboxylic acids is 1. The van der Waals surface area contributed by atoms with Crippen molar-refractivity contribution in [3.63, 3.8) is 0 Å². The van der Waals surface area contributed by atoms with E-state index in [1.165, 1.54) is 32.1 Å². The largest absolute Gasteiger partial charge is 0.480 e. The minimum atomic E-state index is -0.987. The number of hydrogen-bond donors (Lipinski definition) is 2. The lowest BCUT2D eigenvalue weighted by molar-refractivity contribution is -0.142. The van der Waals surface area contributed by atoms with Gasteiger partial charge in [0.25, 0.3) is 0 Å². The molecule has 0 aliphatic heterocycles. The summed E-state index contributed by atoms with van der Waals surface area (Å²) in [4.78, 5) is 21.7. The van der Waals surface area contributed by atoms with Crippen molar-refractivity contribution in [2.45, 2.75) is 44.9 Å². The summed E-state index contributed by atoms with van der Waals surface area (Å²) in [6, 6.07) is 0. The SMILES string of the molecule is O=C(O)COCCNC(=O)CCC1CCCCC1. The second kappa shape index (κ2) is 8.91. The number of nitrogens with one attached hydrogen (secondary N) is 1. The normalized spacial score (nSPS) is 16.4. The molecule has 5 nitrogen and oxygen atoms in total. The van der Waals surface area contributed by atoms with Gasteiger partial charge in [-0.05, 0) is 12.3 Å². The van der Waals surface area contributed by atoms with Crippen molar-refractivity contribution < 1.29 is 19.4 Å². The highest BCUT2D eigenvalue weighted by atomic mass is 16.5. The van der Waals surface area contributed by atoms with Crippen LogP contribution < -0.4 is 5.32 Å². The van der Waals surface area contributed by atoms with Crippen molar-refractivity contribution in [3.8, 4) is 0 Å². The molecule has 0 aromatic rings. The van der Waals surface area contributed by atoms with Gasteiger partial charge in [-0.1, -0.05) is 32.1 Å². The Morgan fingerprint density at radius 1 is 1.22 bits per heavy atom. The molecule has 5 heteroatoms. The molecule has 104 valence electrons. The lowest BCUT2D eigenvalue weighted by Crippen LogP contribution is -2.28. The molecule has 0 aromatic heterocycles. The van der Waals surface area contributed by atoms with Crippen LogP contribution in [0.2, 0.25) is 0 Å². The summed E-state index contributed by atoms with van der Waals surface area (Å²) in [5.74, 6) is -0.231. The third-order valence-electron chi connectivity index (χ3n) is 3.30. The van der Waals surface area contributed by atoms with E-state index in [0.29, 0.717) is 18.9 Å². The Morgan fingerprint density at radius 3 is 2.61 bits per heavy atom. The fraction of sp³-hybridized carbons (Fsp3) is 0.846. The summed E-state index contributed by atoms with van der Waals surface area (Å²) in [6.07, 6.45) is 8.00. The zero-order valence-electron chi connectivity index (χ0n) is 10.8. The fourth-order valence-corrected chi connectivity index (χ4v) is 2.32. The standard InChI is InChI=1S/C13H23NO4/c15-12(14-8-9-18-10-13(16)17)7-6-11-4-2-1-3-5-11/h11H,1-10H2,(H,14,15)(H,16,17). The lowest BCUT2D eigenvalue weighted by atomic mass is 9.86. The molecule has 0 radical (unpaired) electrons. The van der Waals surface area contributed by atoms with Crippen LogP contribution in [-0.2, 0) is 14.3 Å². The number of hydrogen-bond acceptors (Lipinski definition) is 3. The van der Waals surface area contributed by atoms with Crippen molar-refractivity contribution in [1.29, 1.82) is 0 Å². The molecule has 0 unspecified atom stereocenters. The van der Waals surface area contributed by atoms with E-state index in [0.717, 1.165) is 6.42 Å². The van der Waals surface area contributed by atoms with Crippen molar-refractivity contribution in [2.75, 3.05) is 19.8 Å². The monoisotopic (exact) mass is 257 g/mol. The zero-order chi connectivity index (χ0) is 13.2. The van der Waals surface area contributed by atoms with Gasteiger partial charge in [-0.25, -0.2) is 4.79 Å². The van der Waals surface area contributed by atoms with Gasteiger partial charge in [0.2, 0.25) is 5.91 Å². The third kappa shape index (κ3) is 7.27. The minimum Gasteiger partial charge on any atom is -0.480 e. The number of carboxylic acid groups (broad SMARTS) is 1. The van der Waals surface area contributed by atoms with Gasteiger partial charge in [-0.15, -0.1) is 0 Å². The fourth-order valence-electron chi connectivity index (χ4n) is 2.32. The van der Waals surface area contributed by atoms with Crippen LogP contribution in [0, 0.1) is 5.92 Å². The predicted octanol–water partition coefficient (Wildman–Crippen LogP) is 1.56. The Kier molecular flexibility index (Phi) is 7.41. The maximum Gasteiger partial charge on any atom is 0.329 e. The van der Waals surface area contributed by atoms with Gasteiger partial charge in [0.05, 0.1) is 6.61 Å². The summed E-state index contributed by atoms with van der Waals surface area (Å²) < 4.78 is 4.83. The maximum absolute atomic E-state index is 11.5. The first-order valence-electron chi connectivity index (χ1n) is 6.74. The quantitative estimate of drug-likeness (QED) is 0.647. The van der Waals surface area contributed by atoms with Crippen molar-refractivity contribution in [2.24, 2.45) is 5.92 Å². The number of rotatable bonds is 8. The molecule has 1 rings (SSSR count). The van der Waals surface area contributed by atoms with E-state index in [1.807, 2.05) is 0 Å². The number of amides is 1. The molecule has 1 saturated carbocycles. The topological polar surface area (TPSA) is 75.6 Å². The highest BCUT2D eigenvalue weighted by Crippen LogP contribution is 2.27. The Morgan fingerprint density at radius 2 is 1.94 bits per heavy atom. The molecule has 0 atom stereocenters. The summed E-state index contributed by atoms with van der Waals surface area (Å²) in [5.41, 5.74) is 0. The van der Waals surface area contributed by atoms with Crippen LogP contribution in [0.4, 0.5) is 0 Å². The Bertz CT molecular complexity index is 262. The number of carbonyl (C=O) groups is 2. The Balaban J connectivity index is 1.94. The van der Waals surface area contributed by atoms with E-state index in [-0.39, 0.29) is 19.1 Å². The summed E-state index contributed by atoms with van der Waals surface area (Å²) in [5, 5.41) is 11.1. The van der Waals surface area contributed by atoms with E-state index in [9.17, 15) is 9.59 Å². The lowest BCUT2D eigenvalue weighted by Gasteiger charge is -2.20. The molecule has 1 aliphatic carbocycles. The average molecular weight is 257 g/mol. The first kappa shape index (κ1) is 15.0. The first-order chi connectivity index (χ1) is 8.68.